The highest BCUT2D eigenvalue weighted by molar-refractivity contribution is 5.78. The molecule has 0 aliphatic carbocycles. The standard InChI is InChI=1S/C21H20FN5O2/c22-15-5-4-6-16(11-15)25-21-24-12-18-19(26-21)13-27(10-9-23-18)20(28)14-29-17-7-2-1-3-8-17/h1-8,11-12,23H,9-10,13-14H2,(H,24,25,26). The highest BCUT2D eigenvalue weighted by Crippen LogP contribution is 2.21. The second-order valence-corrected chi connectivity index (χ2v) is 6.53. The van der Waals surface area contributed by atoms with Gasteiger partial charge in [-0.1, -0.05) is 24.3 Å². The largest absolute Gasteiger partial charge is 0.484 e. The molecule has 148 valence electrons. The van der Waals surface area contributed by atoms with Gasteiger partial charge < -0.3 is 20.3 Å². The summed E-state index contributed by atoms with van der Waals surface area (Å²) < 4.78 is 19.0. The third kappa shape index (κ3) is 4.78. The minimum atomic E-state index is -0.346. The summed E-state index contributed by atoms with van der Waals surface area (Å²) in [5.74, 6) is 0.521. The number of fused-ring (bicyclic) bond motifs is 1. The van der Waals surface area contributed by atoms with E-state index in [1.165, 1.54) is 12.1 Å². The molecule has 0 unspecified atom stereocenters. The normalized spacial score (nSPS) is 13.1. The van der Waals surface area contributed by atoms with Crippen LogP contribution in [-0.2, 0) is 11.3 Å². The number of hydrogen-bond acceptors (Lipinski definition) is 6. The van der Waals surface area contributed by atoms with Crippen LogP contribution in [0, 0.1) is 5.82 Å². The first kappa shape index (κ1) is 18.7. The van der Waals surface area contributed by atoms with Crippen LogP contribution in [-0.4, -0.2) is 40.5 Å². The lowest BCUT2D eigenvalue weighted by Crippen LogP contribution is -2.36. The van der Waals surface area contributed by atoms with E-state index in [0.717, 1.165) is 5.69 Å². The first-order chi connectivity index (χ1) is 14.2. The van der Waals surface area contributed by atoms with Crippen LogP contribution in [0.2, 0.25) is 0 Å². The molecule has 0 radical (unpaired) electrons. The Kier molecular flexibility index (Phi) is 5.51. The van der Waals surface area contributed by atoms with Gasteiger partial charge in [0.15, 0.2) is 6.61 Å². The summed E-state index contributed by atoms with van der Waals surface area (Å²) in [5, 5.41) is 6.22. The molecule has 2 N–H and O–H groups in total. The van der Waals surface area contributed by atoms with Crippen molar-refractivity contribution in [1.82, 2.24) is 14.9 Å². The van der Waals surface area contributed by atoms with E-state index in [0.29, 0.717) is 42.7 Å². The fraction of sp³-hybridized carbons (Fsp3) is 0.190. The Balaban J connectivity index is 1.45. The van der Waals surface area contributed by atoms with Crippen molar-refractivity contribution < 1.29 is 13.9 Å². The van der Waals surface area contributed by atoms with Crippen LogP contribution in [0.25, 0.3) is 0 Å². The molecule has 29 heavy (non-hydrogen) atoms. The van der Waals surface area contributed by atoms with Gasteiger partial charge in [-0.05, 0) is 30.3 Å². The quantitative estimate of drug-likeness (QED) is 0.693. The van der Waals surface area contributed by atoms with Crippen molar-refractivity contribution in [3.8, 4) is 5.75 Å². The Bertz CT molecular complexity index is 999. The molecule has 0 bridgehead atoms. The molecule has 0 atom stereocenters. The van der Waals surface area contributed by atoms with E-state index in [-0.39, 0.29) is 18.3 Å². The van der Waals surface area contributed by atoms with E-state index in [1.807, 2.05) is 30.3 Å². The predicted molar refractivity (Wildman–Crippen MR) is 108 cm³/mol. The van der Waals surface area contributed by atoms with E-state index in [4.69, 9.17) is 4.74 Å². The number of halogens is 1. The van der Waals surface area contributed by atoms with E-state index < -0.39 is 0 Å². The summed E-state index contributed by atoms with van der Waals surface area (Å²) in [6.07, 6.45) is 1.67. The van der Waals surface area contributed by atoms with Gasteiger partial charge in [-0.15, -0.1) is 0 Å². The number of carbonyl (C=O) groups excluding carboxylic acids is 1. The van der Waals surface area contributed by atoms with Gasteiger partial charge in [-0.25, -0.2) is 14.4 Å². The van der Waals surface area contributed by atoms with Gasteiger partial charge in [0, 0.05) is 18.8 Å². The first-order valence-electron chi connectivity index (χ1n) is 9.25. The van der Waals surface area contributed by atoms with Crippen molar-refractivity contribution in [1.29, 1.82) is 0 Å². The van der Waals surface area contributed by atoms with Crippen molar-refractivity contribution in [3.63, 3.8) is 0 Å². The lowest BCUT2D eigenvalue weighted by atomic mass is 10.3. The maximum atomic E-state index is 13.4. The zero-order valence-electron chi connectivity index (χ0n) is 15.6. The number of carbonyl (C=O) groups is 1. The lowest BCUT2D eigenvalue weighted by Gasteiger charge is -2.20. The number of aromatic nitrogens is 2. The molecular weight excluding hydrogens is 373 g/mol. The lowest BCUT2D eigenvalue weighted by molar-refractivity contribution is -0.133. The van der Waals surface area contributed by atoms with Gasteiger partial charge in [0.05, 0.1) is 24.1 Å². The molecule has 0 spiro atoms. The number of hydrogen-bond donors (Lipinski definition) is 2. The molecule has 2 heterocycles. The summed E-state index contributed by atoms with van der Waals surface area (Å²) in [7, 11) is 0. The average molecular weight is 393 g/mol. The molecule has 1 aliphatic rings. The highest BCUT2D eigenvalue weighted by Gasteiger charge is 2.21. The van der Waals surface area contributed by atoms with Crippen LogP contribution in [0.15, 0.2) is 60.8 Å². The number of nitrogens with zero attached hydrogens (tertiary/aromatic N) is 3. The zero-order chi connectivity index (χ0) is 20.1. The Hall–Kier alpha value is -3.68. The van der Waals surface area contributed by atoms with Crippen molar-refractivity contribution in [2.24, 2.45) is 0 Å². The number of para-hydroxylation sites is 1. The highest BCUT2D eigenvalue weighted by atomic mass is 19.1. The van der Waals surface area contributed by atoms with E-state index in [1.54, 1.807) is 23.2 Å². The summed E-state index contributed by atoms with van der Waals surface area (Å²) >= 11 is 0. The Morgan fingerprint density at radius 2 is 2.07 bits per heavy atom. The van der Waals surface area contributed by atoms with Crippen molar-refractivity contribution in [2.45, 2.75) is 6.54 Å². The SMILES string of the molecule is O=C(COc1ccccc1)N1CCNc2cnc(Nc3cccc(F)c3)nc2C1. The molecule has 7 nitrogen and oxygen atoms in total. The molecule has 0 saturated carbocycles. The van der Waals surface area contributed by atoms with Crippen LogP contribution in [0.1, 0.15) is 5.69 Å². The maximum absolute atomic E-state index is 13.4. The maximum Gasteiger partial charge on any atom is 0.260 e. The fourth-order valence-electron chi connectivity index (χ4n) is 2.99. The zero-order valence-corrected chi connectivity index (χ0v) is 15.6. The third-order valence-electron chi connectivity index (χ3n) is 4.44. The van der Waals surface area contributed by atoms with Gasteiger partial charge in [0.2, 0.25) is 5.95 Å². The van der Waals surface area contributed by atoms with Gasteiger partial charge >= 0.3 is 0 Å². The number of amides is 1. The minimum Gasteiger partial charge on any atom is -0.484 e. The van der Waals surface area contributed by atoms with E-state index >= 15 is 0 Å². The average Bonchev–Trinajstić information content (AvgIpc) is 2.95. The van der Waals surface area contributed by atoms with Gasteiger partial charge in [-0.2, -0.15) is 0 Å². The Labute approximate surface area is 167 Å². The minimum absolute atomic E-state index is 0.0428. The number of benzene rings is 2. The van der Waals surface area contributed by atoms with Gasteiger partial charge in [0.1, 0.15) is 11.6 Å². The number of anilines is 3. The molecule has 2 aromatic carbocycles. The fourth-order valence-corrected chi connectivity index (χ4v) is 2.99. The van der Waals surface area contributed by atoms with Crippen molar-refractivity contribution in [3.05, 3.63) is 72.3 Å². The molecule has 1 amide bonds. The molecule has 3 aromatic rings. The Morgan fingerprint density at radius 3 is 2.90 bits per heavy atom. The number of nitrogens with one attached hydrogen (secondary N) is 2. The molecule has 0 saturated heterocycles. The Morgan fingerprint density at radius 1 is 1.21 bits per heavy atom. The van der Waals surface area contributed by atoms with Crippen molar-refractivity contribution in [2.75, 3.05) is 30.3 Å². The smallest absolute Gasteiger partial charge is 0.260 e. The summed E-state index contributed by atoms with van der Waals surface area (Å²) in [4.78, 5) is 23.1. The van der Waals surface area contributed by atoms with Gasteiger partial charge in [-0.3, -0.25) is 4.79 Å². The first-order valence-corrected chi connectivity index (χ1v) is 9.25. The summed E-state index contributed by atoms with van der Waals surface area (Å²) in [6, 6.07) is 15.3. The molecule has 1 aromatic heterocycles. The van der Waals surface area contributed by atoms with Crippen LogP contribution in [0.5, 0.6) is 5.75 Å². The summed E-state index contributed by atoms with van der Waals surface area (Å²) in [5.41, 5.74) is 2.01. The van der Waals surface area contributed by atoms with Crippen LogP contribution in [0.3, 0.4) is 0 Å². The molecule has 8 heteroatoms. The van der Waals surface area contributed by atoms with Crippen LogP contribution < -0.4 is 15.4 Å². The third-order valence-corrected chi connectivity index (χ3v) is 4.44. The molecular formula is C21H20FN5O2. The molecule has 1 aliphatic heterocycles. The van der Waals surface area contributed by atoms with E-state index in [2.05, 4.69) is 20.6 Å². The van der Waals surface area contributed by atoms with Crippen molar-refractivity contribution >= 4 is 23.2 Å². The second-order valence-electron chi connectivity index (χ2n) is 6.53. The van der Waals surface area contributed by atoms with E-state index in [9.17, 15) is 9.18 Å². The molecule has 0 fully saturated rings. The van der Waals surface area contributed by atoms with Gasteiger partial charge in [0.25, 0.3) is 5.91 Å². The summed E-state index contributed by atoms with van der Waals surface area (Å²) in [6.45, 7) is 1.41. The monoisotopic (exact) mass is 393 g/mol. The topological polar surface area (TPSA) is 79.4 Å². The molecule has 4 rings (SSSR count). The van der Waals surface area contributed by atoms with Crippen LogP contribution >= 0.6 is 0 Å². The number of rotatable bonds is 5. The van der Waals surface area contributed by atoms with Crippen LogP contribution in [0.4, 0.5) is 21.7 Å². The second kappa shape index (κ2) is 8.55. The predicted octanol–water partition coefficient (Wildman–Crippen LogP) is 3.19. The number of ether oxygens (including phenoxy) is 1.